The van der Waals surface area contributed by atoms with E-state index in [-0.39, 0.29) is 0 Å². The largest absolute Gasteiger partial charge is 0.494 e. The van der Waals surface area contributed by atoms with Crippen molar-refractivity contribution in [3.05, 3.63) is 29.8 Å². The Hall–Kier alpha value is -1.06. The summed E-state index contributed by atoms with van der Waals surface area (Å²) >= 11 is 0. The number of hydrogen-bond donors (Lipinski definition) is 2. The SMILES string of the molecule is CCOc1ccccc1C1NCC2C(N)C12. The Labute approximate surface area is 96.0 Å². The normalized spacial score (nSPS) is 35.9. The van der Waals surface area contributed by atoms with E-state index in [0.29, 0.717) is 30.5 Å². The van der Waals surface area contributed by atoms with Gasteiger partial charge in [-0.1, -0.05) is 18.2 Å². The third-order valence-electron chi connectivity index (χ3n) is 3.80. The number of rotatable bonds is 3. The van der Waals surface area contributed by atoms with Crippen molar-refractivity contribution in [2.45, 2.75) is 19.0 Å². The van der Waals surface area contributed by atoms with E-state index in [0.717, 1.165) is 12.3 Å². The van der Waals surface area contributed by atoms with Crippen LogP contribution in [0, 0.1) is 11.8 Å². The predicted octanol–water partition coefficient (Wildman–Crippen LogP) is 1.30. The average molecular weight is 218 g/mol. The summed E-state index contributed by atoms with van der Waals surface area (Å²) in [5.74, 6) is 2.29. The molecule has 3 nitrogen and oxygen atoms in total. The van der Waals surface area contributed by atoms with Gasteiger partial charge in [0.15, 0.2) is 0 Å². The van der Waals surface area contributed by atoms with Gasteiger partial charge in [0.2, 0.25) is 0 Å². The maximum atomic E-state index is 6.04. The summed E-state index contributed by atoms with van der Waals surface area (Å²) in [6.45, 7) is 3.78. The van der Waals surface area contributed by atoms with Crippen LogP contribution in [0.25, 0.3) is 0 Å². The summed E-state index contributed by atoms with van der Waals surface area (Å²) in [5, 5.41) is 3.54. The molecule has 1 aromatic rings. The van der Waals surface area contributed by atoms with Crippen LogP contribution < -0.4 is 15.8 Å². The minimum Gasteiger partial charge on any atom is -0.494 e. The number of nitrogens with one attached hydrogen (secondary N) is 1. The maximum absolute atomic E-state index is 6.04. The van der Waals surface area contributed by atoms with Crippen molar-refractivity contribution in [3.8, 4) is 5.75 Å². The third-order valence-corrected chi connectivity index (χ3v) is 3.80. The Bertz CT molecular complexity index is 393. The van der Waals surface area contributed by atoms with Crippen LogP contribution in [0.1, 0.15) is 18.5 Å². The van der Waals surface area contributed by atoms with E-state index >= 15 is 0 Å². The molecule has 1 aromatic carbocycles. The molecule has 0 spiro atoms. The van der Waals surface area contributed by atoms with Crippen LogP contribution in [-0.2, 0) is 0 Å². The molecule has 4 atom stereocenters. The van der Waals surface area contributed by atoms with E-state index in [1.165, 1.54) is 5.56 Å². The highest BCUT2D eigenvalue weighted by Gasteiger charge is 2.56. The molecule has 0 bridgehead atoms. The molecule has 3 N–H and O–H groups in total. The third kappa shape index (κ3) is 1.43. The summed E-state index contributed by atoms with van der Waals surface area (Å²) < 4.78 is 5.67. The van der Waals surface area contributed by atoms with Gasteiger partial charge in [-0.2, -0.15) is 0 Å². The monoisotopic (exact) mass is 218 g/mol. The first-order chi connectivity index (χ1) is 7.83. The van der Waals surface area contributed by atoms with Crippen LogP contribution in [0.15, 0.2) is 24.3 Å². The molecule has 0 amide bonds. The maximum Gasteiger partial charge on any atom is 0.124 e. The molecular weight excluding hydrogens is 200 g/mol. The number of benzene rings is 1. The van der Waals surface area contributed by atoms with Gasteiger partial charge in [0.1, 0.15) is 5.75 Å². The zero-order chi connectivity index (χ0) is 11.1. The van der Waals surface area contributed by atoms with Gasteiger partial charge >= 0.3 is 0 Å². The highest BCUT2D eigenvalue weighted by atomic mass is 16.5. The molecule has 1 aliphatic heterocycles. The molecular formula is C13H18N2O. The van der Waals surface area contributed by atoms with Crippen LogP contribution >= 0.6 is 0 Å². The molecule has 2 fully saturated rings. The molecule has 0 radical (unpaired) electrons. The van der Waals surface area contributed by atoms with Crippen LogP contribution in [0.5, 0.6) is 5.75 Å². The predicted molar refractivity (Wildman–Crippen MR) is 63.3 cm³/mol. The Morgan fingerprint density at radius 1 is 1.44 bits per heavy atom. The van der Waals surface area contributed by atoms with Crippen molar-refractivity contribution < 1.29 is 4.74 Å². The number of piperidine rings is 1. The van der Waals surface area contributed by atoms with Crippen molar-refractivity contribution in [1.29, 1.82) is 0 Å². The van der Waals surface area contributed by atoms with Crippen molar-refractivity contribution in [1.82, 2.24) is 5.32 Å². The first-order valence-corrected chi connectivity index (χ1v) is 6.03. The second kappa shape index (κ2) is 3.75. The molecule has 3 heteroatoms. The van der Waals surface area contributed by atoms with E-state index in [1.807, 2.05) is 19.1 Å². The molecule has 1 aliphatic carbocycles. The zero-order valence-electron chi connectivity index (χ0n) is 9.52. The fourth-order valence-corrected chi connectivity index (χ4v) is 2.91. The second-order valence-electron chi connectivity index (χ2n) is 4.68. The van der Waals surface area contributed by atoms with E-state index in [2.05, 4.69) is 17.4 Å². The fraction of sp³-hybridized carbons (Fsp3) is 0.538. The average Bonchev–Trinajstić information content (AvgIpc) is 2.77. The van der Waals surface area contributed by atoms with Gasteiger partial charge in [0.25, 0.3) is 0 Å². The number of ether oxygens (including phenoxy) is 1. The number of para-hydroxylation sites is 1. The lowest BCUT2D eigenvalue weighted by molar-refractivity contribution is 0.331. The summed E-state index contributed by atoms with van der Waals surface area (Å²) in [4.78, 5) is 0. The first-order valence-electron chi connectivity index (χ1n) is 6.03. The first kappa shape index (κ1) is 10.1. The van der Waals surface area contributed by atoms with Crippen LogP contribution in [-0.4, -0.2) is 19.2 Å². The standard InChI is InChI=1S/C13H18N2O/c1-2-16-10-6-4-3-5-8(10)13-11-9(7-15-13)12(11)14/h3-6,9,11-13,15H,2,7,14H2,1H3. The molecule has 86 valence electrons. The Balaban J connectivity index is 1.88. The van der Waals surface area contributed by atoms with Gasteiger partial charge in [-0.3, -0.25) is 0 Å². The summed E-state index contributed by atoms with van der Waals surface area (Å²) in [7, 11) is 0. The second-order valence-corrected chi connectivity index (χ2v) is 4.68. The highest BCUT2D eigenvalue weighted by Crippen LogP contribution is 2.51. The molecule has 2 aliphatic rings. The Kier molecular flexibility index (Phi) is 2.37. The lowest BCUT2D eigenvalue weighted by Crippen LogP contribution is -2.26. The van der Waals surface area contributed by atoms with Crippen LogP contribution in [0.3, 0.4) is 0 Å². The molecule has 4 unspecified atom stereocenters. The van der Waals surface area contributed by atoms with Gasteiger partial charge in [-0.15, -0.1) is 0 Å². The minimum absolute atomic E-state index is 0.390. The Morgan fingerprint density at radius 2 is 2.25 bits per heavy atom. The van der Waals surface area contributed by atoms with Crippen LogP contribution in [0.2, 0.25) is 0 Å². The van der Waals surface area contributed by atoms with Gasteiger partial charge in [-0.25, -0.2) is 0 Å². The van der Waals surface area contributed by atoms with Gasteiger partial charge in [0.05, 0.1) is 6.61 Å². The smallest absolute Gasteiger partial charge is 0.124 e. The van der Waals surface area contributed by atoms with Crippen LogP contribution in [0.4, 0.5) is 0 Å². The fourth-order valence-electron chi connectivity index (χ4n) is 2.91. The highest BCUT2D eigenvalue weighted by molar-refractivity contribution is 5.39. The zero-order valence-corrected chi connectivity index (χ0v) is 9.52. The minimum atomic E-state index is 0.390. The van der Waals surface area contributed by atoms with E-state index in [4.69, 9.17) is 10.5 Å². The topological polar surface area (TPSA) is 47.3 Å². The summed E-state index contributed by atoms with van der Waals surface area (Å²) in [6, 6.07) is 9.07. The molecule has 1 saturated heterocycles. The van der Waals surface area contributed by atoms with E-state index in [1.54, 1.807) is 0 Å². The Morgan fingerprint density at radius 3 is 2.94 bits per heavy atom. The van der Waals surface area contributed by atoms with E-state index < -0.39 is 0 Å². The van der Waals surface area contributed by atoms with Crippen molar-refractivity contribution in [2.75, 3.05) is 13.2 Å². The van der Waals surface area contributed by atoms with E-state index in [9.17, 15) is 0 Å². The lowest BCUT2D eigenvalue weighted by atomic mass is 10.0. The lowest BCUT2D eigenvalue weighted by Gasteiger charge is -2.18. The quantitative estimate of drug-likeness (QED) is 0.804. The molecule has 1 saturated carbocycles. The van der Waals surface area contributed by atoms with Gasteiger partial charge < -0.3 is 15.8 Å². The molecule has 1 heterocycles. The number of nitrogens with two attached hydrogens (primary N) is 1. The van der Waals surface area contributed by atoms with Crippen molar-refractivity contribution >= 4 is 0 Å². The summed E-state index contributed by atoms with van der Waals surface area (Å²) in [6.07, 6.45) is 0. The molecule has 3 rings (SSSR count). The summed E-state index contributed by atoms with van der Waals surface area (Å²) in [5.41, 5.74) is 7.31. The number of fused-ring (bicyclic) bond motifs is 1. The molecule has 16 heavy (non-hydrogen) atoms. The molecule has 0 aromatic heterocycles. The van der Waals surface area contributed by atoms with Crippen molar-refractivity contribution in [2.24, 2.45) is 17.6 Å². The van der Waals surface area contributed by atoms with Gasteiger partial charge in [-0.05, 0) is 24.8 Å². The number of hydrogen-bond acceptors (Lipinski definition) is 3. The van der Waals surface area contributed by atoms with Crippen molar-refractivity contribution in [3.63, 3.8) is 0 Å². The van der Waals surface area contributed by atoms with Gasteiger partial charge in [0, 0.05) is 24.2 Å².